The van der Waals surface area contributed by atoms with Gasteiger partial charge in [0.05, 0.1) is 39.9 Å². The number of phosphoric acid groups is 1. The third kappa shape index (κ3) is 53.3. The molecular formula is C59H121N2O6P. The van der Waals surface area contributed by atoms with Crippen LogP contribution in [0.3, 0.4) is 0 Å². The number of unbranched alkanes of at least 4 members (excludes halogenated alkanes) is 44. The second-order valence-corrected chi connectivity index (χ2v) is 23.8. The first-order valence-corrected chi connectivity index (χ1v) is 31.8. The molecule has 0 saturated heterocycles. The number of carbonyl (C=O) groups is 1. The van der Waals surface area contributed by atoms with Crippen LogP contribution in [-0.4, -0.2) is 68.5 Å². The Morgan fingerprint density at radius 1 is 0.456 bits per heavy atom. The van der Waals surface area contributed by atoms with Gasteiger partial charge in [0.15, 0.2) is 0 Å². The fourth-order valence-electron chi connectivity index (χ4n) is 9.57. The summed E-state index contributed by atoms with van der Waals surface area (Å²) in [6, 6.07) is -0.794. The standard InChI is InChI=1S/C59H121N2O6P/c1-6-8-10-12-14-16-18-20-21-22-23-24-25-26-27-28-29-30-31-32-33-34-35-36-37-38-39-41-43-45-47-49-51-53-59(63)60-57(56-67-68(64,65)66-55-54-61(3,4)5)58(62)52-50-48-46-44-42-40-19-17-15-13-11-9-7-2/h57-58,62H,6-56H2,1-5H3,(H-,60,63,64,65). The largest absolute Gasteiger partial charge is 0.756 e. The van der Waals surface area contributed by atoms with Crippen LogP contribution in [0, 0.1) is 0 Å². The predicted octanol–water partition coefficient (Wildman–Crippen LogP) is 17.8. The molecule has 8 nitrogen and oxygen atoms in total. The summed E-state index contributed by atoms with van der Waals surface area (Å²) < 4.78 is 23.4. The Morgan fingerprint density at radius 2 is 0.721 bits per heavy atom. The third-order valence-corrected chi connectivity index (χ3v) is 15.3. The summed E-state index contributed by atoms with van der Waals surface area (Å²) in [5, 5.41) is 14.0. The summed E-state index contributed by atoms with van der Waals surface area (Å²) in [6.07, 6.45) is 61.6. The second-order valence-electron chi connectivity index (χ2n) is 22.4. The van der Waals surface area contributed by atoms with Crippen LogP contribution in [0.2, 0.25) is 0 Å². The summed E-state index contributed by atoms with van der Waals surface area (Å²) in [7, 11) is 1.32. The van der Waals surface area contributed by atoms with Crippen molar-refractivity contribution in [1.82, 2.24) is 5.32 Å². The molecule has 3 unspecified atom stereocenters. The fraction of sp³-hybridized carbons (Fsp3) is 0.983. The average Bonchev–Trinajstić information content (AvgIpc) is 3.30. The number of rotatable bonds is 57. The second kappa shape index (κ2) is 51.4. The summed E-state index contributed by atoms with van der Waals surface area (Å²) in [4.78, 5) is 25.5. The SMILES string of the molecule is CCCCCCCCCCCCCCCCCCCCCCCCCCCCCCCCCCCC(=O)NC(COP(=O)([O-])OCC[N+](C)(C)C)C(O)CCCCCCCCCCCCCCC. The van der Waals surface area contributed by atoms with Crippen molar-refractivity contribution < 1.29 is 32.9 Å². The third-order valence-electron chi connectivity index (χ3n) is 14.3. The first-order chi connectivity index (χ1) is 33.0. The van der Waals surface area contributed by atoms with Crippen molar-refractivity contribution in [3.63, 3.8) is 0 Å². The van der Waals surface area contributed by atoms with Gasteiger partial charge in [0, 0.05) is 6.42 Å². The molecule has 9 heteroatoms. The van der Waals surface area contributed by atoms with Gasteiger partial charge in [-0.15, -0.1) is 0 Å². The molecule has 0 bridgehead atoms. The molecule has 0 fully saturated rings. The van der Waals surface area contributed by atoms with Crippen LogP contribution in [0.15, 0.2) is 0 Å². The van der Waals surface area contributed by atoms with Crippen LogP contribution in [0.5, 0.6) is 0 Å². The van der Waals surface area contributed by atoms with E-state index >= 15 is 0 Å². The highest BCUT2D eigenvalue weighted by Gasteiger charge is 2.24. The minimum absolute atomic E-state index is 0.0164. The lowest BCUT2D eigenvalue weighted by molar-refractivity contribution is -0.870. The molecule has 0 saturated carbocycles. The molecule has 0 rings (SSSR count). The number of quaternary nitrogens is 1. The highest BCUT2D eigenvalue weighted by molar-refractivity contribution is 7.45. The Morgan fingerprint density at radius 3 is 1.00 bits per heavy atom. The van der Waals surface area contributed by atoms with Gasteiger partial charge in [-0.3, -0.25) is 9.36 Å². The Balaban J connectivity index is 3.90. The molecule has 1 amide bonds. The molecule has 0 aromatic heterocycles. The molecule has 68 heavy (non-hydrogen) atoms. The molecule has 3 atom stereocenters. The van der Waals surface area contributed by atoms with E-state index in [1.54, 1.807) is 0 Å². The summed E-state index contributed by atoms with van der Waals surface area (Å²) >= 11 is 0. The molecule has 0 aliphatic rings. The van der Waals surface area contributed by atoms with Crippen LogP contribution in [-0.2, 0) is 18.4 Å². The summed E-state index contributed by atoms with van der Waals surface area (Å²) in [5.41, 5.74) is 0. The van der Waals surface area contributed by atoms with Gasteiger partial charge in [-0.2, -0.15) is 0 Å². The zero-order valence-electron chi connectivity index (χ0n) is 46.6. The van der Waals surface area contributed by atoms with Gasteiger partial charge < -0.3 is 28.8 Å². The molecule has 408 valence electrons. The van der Waals surface area contributed by atoms with E-state index in [1.165, 1.54) is 257 Å². The monoisotopic (exact) mass is 985 g/mol. The van der Waals surface area contributed by atoms with E-state index in [2.05, 4.69) is 19.2 Å². The highest BCUT2D eigenvalue weighted by atomic mass is 31.2. The average molecular weight is 986 g/mol. The topological polar surface area (TPSA) is 108 Å². The maximum absolute atomic E-state index is 13.0. The van der Waals surface area contributed by atoms with E-state index in [0.717, 1.165) is 38.5 Å². The molecule has 0 aromatic carbocycles. The smallest absolute Gasteiger partial charge is 0.268 e. The van der Waals surface area contributed by atoms with Gasteiger partial charge >= 0.3 is 0 Å². The van der Waals surface area contributed by atoms with E-state index in [9.17, 15) is 19.4 Å². The Bertz CT molecular complexity index is 1070. The fourth-order valence-corrected chi connectivity index (χ4v) is 10.3. The van der Waals surface area contributed by atoms with Crippen molar-refractivity contribution in [3.8, 4) is 0 Å². The number of nitrogens with one attached hydrogen (secondary N) is 1. The van der Waals surface area contributed by atoms with Crippen molar-refractivity contribution in [2.75, 3.05) is 40.9 Å². The van der Waals surface area contributed by atoms with Crippen LogP contribution >= 0.6 is 7.82 Å². The van der Waals surface area contributed by atoms with Crippen molar-refractivity contribution >= 4 is 13.7 Å². The molecular weight excluding hydrogens is 864 g/mol. The number of hydrogen-bond donors (Lipinski definition) is 2. The lowest BCUT2D eigenvalue weighted by atomic mass is 10.0. The van der Waals surface area contributed by atoms with E-state index in [4.69, 9.17) is 9.05 Å². The first-order valence-electron chi connectivity index (χ1n) is 30.4. The van der Waals surface area contributed by atoms with Gasteiger partial charge in [-0.05, 0) is 12.8 Å². The quantitative estimate of drug-likeness (QED) is 0.0357. The first kappa shape index (κ1) is 67.5. The van der Waals surface area contributed by atoms with E-state index in [-0.39, 0.29) is 19.1 Å². The number of amides is 1. The number of hydrogen-bond acceptors (Lipinski definition) is 6. The molecule has 0 aromatic rings. The van der Waals surface area contributed by atoms with Crippen LogP contribution < -0.4 is 10.2 Å². The van der Waals surface area contributed by atoms with Gasteiger partial charge in [-0.1, -0.05) is 303 Å². The Hall–Kier alpha value is -0.500. The van der Waals surface area contributed by atoms with Crippen LogP contribution in [0.1, 0.15) is 322 Å². The molecule has 2 N–H and O–H groups in total. The van der Waals surface area contributed by atoms with E-state index in [1.807, 2.05) is 21.1 Å². The van der Waals surface area contributed by atoms with Crippen molar-refractivity contribution in [3.05, 3.63) is 0 Å². The summed E-state index contributed by atoms with van der Waals surface area (Å²) in [5.74, 6) is -0.157. The van der Waals surface area contributed by atoms with Gasteiger partial charge in [0.25, 0.3) is 7.82 Å². The summed E-state index contributed by atoms with van der Waals surface area (Å²) in [6.45, 7) is 4.77. The van der Waals surface area contributed by atoms with Gasteiger partial charge in [-0.25, -0.2) is 0 Å². The highest BCUT2D eigenvalue weighted by Crippen LogP contribution is 2.38. The van der Waals surface area contributed by atoms with E-state index < -0.39 is 20.0 Å². The van der Waals surface area contributed by atoms with Crippen molar-refractivity contribution in [1.29, 1.82) is 0 Å². The Kier molecular flexibility index (Phi) is 51.0. The minimum Gasteiger partial charge on any atom is -0.756 e. The Labute approximate surface area is 425 Å². The van der Waals surface area contributed by atoms with Gasteiger partial charge in [0.1, 0.15) is 13.2 Å². The zero-order valence-corrected chi connectivity index (χ0v) is 47.5. The zero-order chi connectivity index (χ0) is 49.9. The normalized spacial score (nSPS) is 13.8. The predicted molar refractivity (Wildman–Crippen MR) is 293 cm³/mol. The molecule has 0 heterocycles. The van der Waals surface area contributed by atoms with Crippen LogP contribution in [0.4, 0.5) is 0 Å². The molecule has 0 spiro atoms. The number of likely N-dealkylation sites (N-methyl/N-ethyl adjacent to an activating group) is 1. The number of nitrogens with zero attached hydrogens (tertiary/aromatic N) is 1. The molecule has 0 aliphatic carbocycles. The van der Waals surface area contributed by atoms with Crippen LogP contribution in [0.25, 0.3) is 0 Å². The number of aliphatic hydroxyl groups excluding tert-OH is 1. The molecule has 0 aliphatic heterocycles. The van der Waals surface area contributed by atoms with E-state index in [0.29, 0.717) is 23.9 Å². The van der Waals surface area contributed by atoms with Gasteiger partial charge in [0.2, 0.25) is 5.91 Å². The number of phosphoric ester groups is 1. The lowest BCUT2D eigenvalue weighted by Gasteiger charge is -2.30. The number of carbonyl (C=O) groups excluding carboxylic acids is 1. The van der Waals surface area contributed by atoms with Crippen molar-refractivity contribution in [2.45, 2.75) is 334 Å². The maximum Gasteiger partial charge on any atom is 0.268 e. The number of aliphatic hydroxyl groups is 1. The lowest BCUT2D eigenvalue weighted by Crippen LogP contribution is -2.46. The minimum atomic E-state index is -4.56. The molecule has 0 radical (unpaired) electrons. The van der Waals surface area contributed by atoms with Crippen molar-refractivity contribution in [2.24, 2.45) is 0 Å². The maximum atomic E-state index is 13.0.